The van der Waals surface area contributed by atoms with E-state index in [0.717, 1.165) is 0 Å². The van der Waals surface area contributed by atoms with Crippen LogP contribution in [0.15, 0.2) is 12.7 Å². The maximum Gasteiger partial charge on any atom is 0.306 e. The lowest BCUT2D eigenvalue weighted by molar-refractivity contribution is -0.147. The first kappa shape index (κ1) is 12.5. The zero-order valence-corrected chi connectivity index (χ0v) is 10.2. The monoisotopic (exact) mass is 252 g/mol. The quantitative estimate of drug-likeness (QED) is 0.817. The molecule has 2 atom stereocenters. The Kier molecular flexibility index (Phi) is 3.59. The molecular weight excluding hydrogens is 236 g/mol. The predicted molar refractivity (Wildman–Crippen MR) is 61.6 cm³/mol. The summed E-state index contributed by atoms with van der Waals surface area (Å²) in [5.74, 6) is -1.16. The van der Waals surface area contributed by atoms with Crippen LogP contribution in [0.2, 0.25) is 0 Å². The van der Waals surface area contributed by atoms with E-state index in [2.05, 4.69) is 10.1 Å². The van der Waals surface area contributed by atoms with Crippen molar-refractivity contribution >= 4 is 11.9 Å². The molecule has 1 aromatic heterocycles. The molecule has 1 aliphatic rings. The van der Waals surface area contributed by atoms with Crippen LogP contribution in [0.1, 0.15) is 19.8 Å². The first-order chi connectivity index (χ1) is 8.58. The fourth-order valence-corrected chi connectivity index (χ4v) is 2.31. The van der Waals surface area contributed by atoms with Gasteiger partial charge in [0, 0.05) is 12.6 Å². The number of hydrogen-bond donors (Lipinski definition) is 1. The fourth-order valence-electron chi connectivity index (χ4n) is 2.31. The summed E-state index contributed by atoms with van der Waals surface area (Å²) < 4.78 is 1.47. The summed E-state index contributed by atoms with van der Waals surface area (Å²) in [7, 11) is 0. The minimum atomic E-state index is -0.773. The van der Waals surface area contributed by atoms with Crippen molar-refractivity contribution in [2.75, 3.05) is 6.54 Å². The van der Waals surface area contributed by atoms with Crippen molar-refractivity contribution in [2.45, 2.75) is 32.4 Å². The molecule has 1 saturated heterocycles. The number of amides is 1. The van der Waals surface area contributed by atoms with Crippen LogP contribution < -0.4 is 0 Å². The minimum absolute atomic E-state index is 0.0446. The van der Waals surface area contributed by atoms with Gasteiger partial charge < -0.3 is 10.0 Å². The molecule has 1 fully saturated rings. The molecule has 1 N–H and O–H groups in total. The van der Waals surface area contributed by atoms with Crippen molar-refractivity contribution in [2.24, 2.45) is 5.92 Å². The number of nitrogens with zero attached hydrogens (tertiary/aromatic N) is 4. The van der Waals surface area contributed by atoms with E-state index in [1.54, 1.807) is 4.90 Å². The minimum Gasteiger partial charge on any atom is -0.481 e. The van der Waals surface area contributed by atoms with Crippen molar-refractivity contribution in [3.63, 3.8) is 0 Å². The lowest BCUT2D eigenvalue weighted by Crippen LogP contribution is -2.47. The number of carbonyl (C=O) groups excluding carboxylic acids is 1. The molecule has 0 bridgehead atoms. The Balaban J connectivity index is 1.94. The van der Waals surface area contributed by atoms with Gasteiger partial charge >= 0.3 is 5.97 Å². The third-order valence-corrected chi connectivity index (χ3v) is 3.31. The van der Waals surface area contributed by atoms with E-state index in [1.807, 2.05) is 6.92 Å². The maximum absolute atomic E-state index is 12.0. The van der Waals surface area contributed by atoms with E-state index in [1.165, 1.54) is 17.3 Å². The summed E-state index contributed by atoms with van der Waals surface area (Å²) in [6.07, 6.45) is 3.90. The Labute approximate surface area is 104 Å². The van der Waals surface area contributed by atoms with Gasteiger partial charge in [0.1, 0.15) is 19.2 Å². The lowest BCUT2D eigenvalue weighted by atomic mass is 9.92. The average molecular weight is 252 g/mol. The van der Waals surface area contributed by atoms with Gasteiger partial charge in [-0.1, -0.05) is 0 Å². The van der Waals surface area contributed by atoms with Crippen LogP contribution in [-0.4, -0.2) is 49.2 Å². The van der Waals surface area contributed by atoms with Gasteiger partial charge in [0.05, 0.1) is 5.92 Å². The molecule has 2 heterocycles. The molecule has 0 aliphatic carbocycles. The Morgan fingerprint density at radius 3 is 2.83 bits per heavy atom. The van der Waals surface area contributed by atoms with Crippen LogP contribution >= 0.6 is 0 Å². The fraction of sp³-hybridized carbons (Fsp3) is 0.636. The number of likely N-dealkylation sites (tertiary alicyclic amines) is 1. The van der Waals surface area contributed by atoms with Crippen LogP contribution in [0, 0.1) is 5.92 Å². The van der Waals surface area contributed by atoms with E-state index < -0.39 is 5.97 Å². The maximum atomic E-state index is 12.0. The molecular formula is C11H16N4O3. The second kappa shape index (κ2) is 5.16. The number of piperidine rings is 1. The lowest BCUT2D eigenvalue weighted by Gasteiger charge is -2.36. The Morgan fingerprint density at radius 1 is 1.50 bits per heavy atom. The number of hydrogen-bond acceptors (Lipinski definition) is 4. The van der Waals surface area contributed by atoms with Crippen molar-refractivity contribution in [3.05, 3.63) is 12.7 Å². The largest absolute Gasteiger partial charge is 0.481 e. The van der Waals surface area contributed by atoms with Gasteiger partial charge in [0.15, 0.2) is 0 Å². The normalized spacial score (nSPS) is 23.9. The van der Waals surface area contributed by atoms with Crippen LogP contribution in [0.25, 0.3) is 0 Å². The van der Waals surface area contributed by atoms with Gasteiger partial charge in [-0.05, 0) is 19.8 Å². The SMILES string of the molecule is CC1CC(C(=O)O)CCN1C(=O)Cn1cncn1. The van der Waals surface area contributed by atoms with E-state index in [4.69, 9.17) is 5.11 Å². The van der Waals surface area contributed by atoms with E-state index in [-0.39, 0.29) is 24.4 Å². The summed E-state index contributed by atoms with van der Waals surface area (Å²) in [5, 5.41) is 12.8. The van der Waals surface area contributed by atoms with E-state index >= 15 is 0 Å². The van der Waals surface area contributed by atoms with Crippen LogP contribution in [0.5, 0.6) is 0 Å². The van der Waals surface area contributed by atoms with Gasteiger partial charge in [0.25, 0.3) is 0 Å². The molecule has 1 aromatic rings. The van der Waals surface area contributed by atoms with Gasteiger partial charge in [0.2, 0.25) is 5.91 Å². The first-order valence-corrected chi connectivity index (χ1v) is 5.92. The third kappa shape index (κ3) is 2.66. The number of carboxylic acids is 1. The summed E-state index contributed by atoms with van der Waals surface area (Å²) in [5.41, 5.74) is 0. The number of carbonyl (C=O) groups is 2. The average Bonchev–Trinajstić information content (AvgIpc) is 2.81. The molecule has 2 unspecified atom stereocenters. The summed E-state index contributed by atoms with van der Waals surface area (Å²) in [4.78, 5) is 28.5. The van der Waals surface area contributed by atoms with Gasteiger partial charge in [-0.25, -0.2) is 9.67 Å². The van der Waals surface area contributed by atoms with Crippen molar-refractivity contribution in [1.82, 2.24) is 19.7 Å². The first-order valence-electron chi connectivity index (χ1n) is 5.92. The standard InChI is InChI=1S/C11H16N4O3/c1-8-4-9(11(17)18)2-3-15(8)10(16)5-14-7-12-6-13-14/h6-9H,2-5H2,1H3,(H,17,18). The summed E-state index contributed by atoms with van der Waals surface area (Å²) in [6, 6.07) is -0.0455. The molecule has 1 aliphatic heterocycles. The molecule has 0 spiro atoms. The highest BCUT2D eigenvalue weighted by molar-refractivity contribution is 5.77. The number of aliphatic carboxylic acids is 1. The second-order valence-corrected chi connectivity index (χ2v) is 4.59. The third-order valence-electron chi connectivity index (χ3n) is 3.31. The van der Waals surface area contributed by atoms with E-state index in [0.29, 0.717) is 19.4 Å². The highest BCUT2D eigenvalue weighted by Gasteiger charge is 2.32. The van der Waals surface area contributed by atoms with Crippen LogP contribution in [0.3, 0.4) is 0 Å². The van der Waals surface area contributed by atoms with Crippen molar-refractivity contribution in [3.8, 4) is 0 Å². The molecule has 1 amide bonds. The molecule has 0 radical (unpaired) electrons. The van der Waals surface area contributed by atoms with Gasteiger partial charge in [-0.2, -0.15) is 5.10 Å². The summed E-state index contributed by atoms with van der Waals surface area (Å²) >= 11 is 0. The number of aromatic nitrogens is 3. The smallest absolute Gasteiger partial charge is 0.306 e. The molecule has 0 saturated carbocycles. The summed E-state index contributed by atoms with van der Waals surface area (Å²) in [6.45, 7) is 2.53. The molecule has 7 nitrogen and oxygen atoms in total. The predicted octanol–water partition coefficient (Wildman–Crippen LogP) is -0.0102. The molecule has 7 heteroatoms. The van der Waals surface area contributed by atoms with E-state index in [9.17, 15) is 9.59 Å². The number of rotatable bonds is 3. The Hall–Kier alpha value is -1.92. The molecule has 0 aromatic carbocycles. The van der Waals surface area contributed by atoms with Crippen molar-refractivity contribution < 1.29 is 14.7 Å². The zero-order chi connectivity index (χ0) is 13.1. The highest BCUT2D eigenvalue weighted by atomic mass is 16.4. The Bertz CT molecular complexity index is 432. The van der Waals surface area contributed by atoms with Crippen LogP contribution in [-0.2, 0) is 16.1 Å². The Morgan fingerprint density at radius 2 is 2.28 bits per heavy atom. The van der Waals surface area contributed by atoms with Crippen LogP contribution in [0.4, 0.5) is 0 Å². The van der Waals surface area contributed by atoms with Gasteiger partial charge in [-0.15, -0.1) is 0 Å². The second-order valence-electron chi connectivity index (χ2n) is 4.59. The topological polar surface area (TPSA) is 88.3 Å². The highest BCUT2D eigenvalue weighted by Crippen LogP contribution is 2.23. The zero-order valence-electron chi connectivity index (χ0n) is 10.2. The van der Waals surface area contributed by atoms with Gasteiger partial charge in [-0.3, -0.25) is 9.59 Å². The molecule has 2 rings (SSSR count). The number of carboxylic acid groups (broad SMARTS) is 1. The molecule has 98 valence electrons. The molecule has 18 heavy (non-hydrogen) atoms. The van der Waals surface area contributed by atoms with Crippen molar-refractivity contribution in [1.29, 1.82) is 0 Å².